The Morgan fingerprint density at radius 2 is 2.29 bits per heavy atom. The van der Waals surface area contributed by atoms with Crippen molar-refractivity contribution in [1.29, 1.82) is 0 Å². The minimum absolute atomic E-state index is 0.160. The van der Waals surface area contributed by atoms with Crippen LogP contribution in [0.2, 0.25) is 0 Å². The molecule has 0 amide bonds. The fourth-order valence-electron chi connectivity index (χ4n) is 1.62. The molecule has 17 heavy (non-hydrogen) atoms. The summed E-state index contributed by atoms with van der Waals surface area (Å²) in [4.78, 5) is 8.73. The van der Waals surface area contributed by atoms with E-state index in [4.69, 9.17) is 0 Å². The molecule has 3 aromatic heterocycles. The quantitative estimate of drug-likeness (QED) is 0.769. The first kappa shape index (κ1) is 10.2. The van der Waals surface area contributed by atoms with Gasteiger partial charge in [-0.1, -0.05) is 0 Å². The zero-order valence-corrected chi connectivity index (χ0v) is 10.1. The Morgan fingerprint density at radius 1 is 1.35 bits per heavy atom. The molecule has 1 N–H and O–H groups in total. The molecule has 0 bridgehead atoms. The number of hydrogen-bond acceptors (Lipinski definition) is 5. The maximum absolute atomic E-state index is 4.45. The van der Waals surface area contributed by atoms with Crippen LogP contribution in [0.1, 0.15) is 18.0 Å². The van der Waals surface area contributed by atoms with Gasteiger partial charge in [0.25, 0.3) is 0 Å². The Bertz CT molecular complexity index is 616. The van der Waals surface area contributed by atoms with E-state index in [1.54, 1.807) is 22.0 Å². The van der Waals surface area contributed by atoms with E-state index in [-0.39, 0.29) is 6.04 Å². The van der Waals surface area contributed by atoms with Crippen molar-refractivity contribution in [2.75, 3.05) is 5.32 Å². The molecule has 3 heterocycles. The maximum Gasteiger partial charge on any atom is 0.157 e. The molecule has 0 aliphatic carbocycles. The van der Waals surface area contributed by atoms with Crippen molar-refractivity contribution in [2.24, 2.45) is 0 Å². The smallest absolute Gasteiger partial charge is 0.157 e. The van der Waals surface area contributed by atoms with Gasteiger partial charge in [-0.2, -0.15) is 5.10 Å². The number of rotatable bonds is 3. The second kappa shape index (κ2) is 4.14. The first-order chi connectivity index (χ1) is 8.33. The van der Waals surface area contributed by atoms with Gasteiger partial charge in [0, 0.05) is 23.8 Å². The second-order valence-corrected chi connectivity index (χ2v) is 4.61. The molecule has 1 atom stereocenters. The monoisotopic (exact) mass is 245 g/mol. The fraction of sp³-hybridized carbons (Fsp3) is 0.182. The minimum atomic E-state index is 0.160. The van der Waals surface area contributed by atoms with Crippen LogP contribution >= 0.6 is 11.3 Å². The van der Waals surface area contributed by atoms with Crippen molar-refractivity contribution in [3.05, 3.63) is 41.1 Å². The van der Waals surface area contributed by atoms with E-state index in [0.29, 0.717) is 0 Å². The largest absolute Gasteiger partial charge is 0.361 e. The number of hydrogen-bond donors (Lipinski definition) is 1. The van der Waals surface area contributed by atoms with Crippen molar-refractivity contribution < 1.29 is 0 Å². The van der Waals surface area contributed by atoms with Gasteiger partial charge < -0.3 is 5.32 Å². The first-order valence-corrected chi connectivity index (χ1v) is 6.17. The van der Waals surface area contributed by atoms with Gasteiger partial charge in [0.1, 0.15) is 10.8 Å². The van der Waals surface area contributed by atoms with Gasteiger partial charge in [-0.25, -0.2) is 14.5 Å². The van der Waals surface area contributed by atoms with Crippen molar-refractivity contribution in [1.82, 2.24) is 19.6 Å². The Balaban J connectivity index is 1.84. The minimum Gasteiger partial charge on any atom is -0.361 e. The summed E-state index contributed by atoms with van der Waals surface area (Å²) >= 11 is 1.64. The van der Waals surface area contributed by atoms with Crippen molar-refractivity contribution in [3.8, 4) is 0 Å². The molecular formula is C11H11N5S. The van der Waals surface area contributed by atoms with Crippen LogP contribution < -0.4 is 5.32 Å². The molecule has 0 aromatic carbocycles. The highest BCUT2D eigenvalue weighted by Crippen LogP contribution is 2.19. The lowest BCUT2D eigenvalue weighted by Crippen LogP contribution is -2.08. The van der Waals surface area contributed by atoms with Crippen molar-refractivity contribution in [2.45, 2.75) is 13.0 Å². The third kappa shape index (κ3) is 1.99. The van der Waals surface area contributed by atoms with E-state index >= 15 is 0 Å². The van der Waals surface area contributed by atoms with Crippen LogP contribution in [-0.4, -0.2) is 19.6 Å². The summed E-state index contributed by atoms with van der Waals surface area (Å²) in [5.41, 5.74) is 0.835. The lowest BCUT2D eigenvalue weighted by molar-refractivity contribution is 0.855. The number of nitrogens with one attached hydrogen (secondary N) is 1. The Labute approximate surface area is 102 Å². The summed E-state index contributed by atoms with van der Waals surface area (Å²) in [5, 5.41) is 10.5. The van der Waals surface area contributed by atoms with E-state index in [1.165, 1.54) is 0 Å². The summed E-state index contributed by atoms with van der Waals surface area (Å²) < 4.78 is 1.74. The van der Waals surface area contributed by atoms with Crippen molar-refractivity contribution in [3.63, 3.8) is 0 Å². The summed E-state index contributed by atoms with van der Waals surface area (Å²) in [6, 6.07) is 3.94. The van der Waals surface area contributed by atoms with Crippen LogP contribution in [0.4, 0.5) is 5.82 Å². The summed E-state index contributed by atoms with van der Waals surface area (Å²) in [7, 11) is 0. The van der Waals surface area contributed by atoms with Gasteiger partial charge in [-0.3, -0.25) is 0 Å². The molecule has 0 saturated heterocycles. The van der Waals surface area contributed by atoms with E-state index in [9.17, 15) is 0 Å². The van der Waals surface area contributed by atoms with E-state index < -0.39 is 0 Å². The van der Waals surface area contributed by atoms with Crippen LogP contribution in [0.3, 0.4) is 0 Å². The van der Waals surface area contributed by atoms with Gasteiger partial charge in [-0.15, -0.1) is 11.3 Å². The summed E-state index contributed by atoms with van der Waals surface area (Å²) in [5.74, 6) is 0.834. The molecule has 5 nitrogen and oxygen atoms in total. The Morgan fingerprint density at radius 3 is 3.12 bits per heavy atom. The molecule has 0 radical (unpaired) electrons. The molecular weight excluding hydrogens is 234 g/mol. The lowest BCUT2D eigenvalue weighted by Gasteiger charge is -2.11. The zero-order chi connectivity index (χ0) is 11.7. The topological polar surface area (TPSA) is 55.1 Å². The van der Waals surface area contributed by atoms with Crippen LogP contribution in [0, 0.1) is 0 Å². The number of aromatic nitrogens is 4. The van der Waals surface area contributed by atoms with E-state index in [1.807, 2.05) is 29.9 Å². The van der Waals surface area contributed by atoms with Gasteiger partial charge in [0.2, 0.25) is 0 Å². The highest BCUT2D eigenvalue weighted by molar-refractivity contribution is 7.09. The number of anilines is 1. The van der Waals surface area contributed by atoms with Gasteiger partial charge in [0.15, 0.2) is 5.65 Å². The normalized spacial score (nSPS) is 12.8. The molecule has 0 fully saturated rings. The van der Waals surface area contributed by atoms with Gasteiger partial charge in [-0.05, 0) is 13.0 Å². The molecule has 3 aromatic rings. The molecule has 0 aliphatic heterocycles. The average Bonchev–Trinajstić information content (AvgIpc) is 2.99. The van der Waals surface area contributed by atoms with Crippen LogP contribution in [0.25, 0.3) is 5.65 Å². The fourth-order valence-corrected chi connectivity index (χ4v) is 2.27. The number of thiazole rings is 1. The highest BCUT2D eigenvalue weighted by Gasteiger charge is 2.08. The third-order valence-electron chi connectivity index (χ3n) is 2.44. The van der Waals surface area contributed by atoms with Gasteiger partial charge in [0.05, 0.1) is 12.2 Å². The summed E-state index contributed by atoms with van der Waals surface area (Å²) in [6.07, 6.45) is 5.43. The van der Waals surface area contributed by atoms with E-state index in [0.717, 1.165) is 16.5 Å². The molecule has 3 rings (SSSR count). The number of nitrogens with zero attached hydrogens (tertiary/aromatic N) is 4. The maximum atomic E-state index is 4.45. The second-order valence-electron chi connectivity index (χ2n) is 3.68. The van der Waals surface area contributed by atoms with Crippen LogP contribution in [0.15, 0.2) is 36.1 Å². The highest BCUT2D eigenvalue weighted by atomic mass is 32.1. The third-order valence-corrected chi connectivity index (χ3v) is 3.40. The zero-order valence-electron chi connectivity index (χ0n) is 9.24. The van der Waals surface area contributed by atoms with Gasteiger partial charge >= 0.3 is 0 Å². The predicted molar refractivity (Wildman–Crippen MR) is 67.1 cm³/mol. The number of fused-ring (bicyclic) bond motifs is 1. The van der Waals surface area contributed by atoms with E-state index in [2.05, 4.69) is 27.3 Å². The summed E-state index contributed by atoms with van der Waals surface area (Å²) in [6.45, 7) is 2.07. The molecule has 86 valence electrons. The Kier molecular flexibility index (Phi) is 2.49. The molecule has 0 spiro atoms. The van der Waals surface area contributed by atoms with Crippen LogP contribution in [-0.2, 0) is 0 Å². The molecule has 0 aliphatic rings. The van der Waals surface area contributed by atoms with Crippen molar-refractivity contribution >= 4 is 22.8 Å². The molecule has 0 saturated carbocycles. The Hall–Kier alpha value is -1.95. The average molecular weight is 245 g/mol. The SMILES string of the molecule is CC(Nc1ccn2nccc2n1)c1nccs1. The standard InChI is InChI=1S/C11H11N5S/c1-8(11-12-5-7-17-11)14-9-3-6-16-10(15-9)2-4-13-16/h2-8H,1H3,(H,14,15). The lowest BCUT2D eigenvalue weighted by atomic mass is 10.3. The molecule has 6 heteroatoms. The molecule has 1 unspecified atom stereocenters. The first-order valence-electron chi connectivity index (χ1n) is 5.29. The predicted octanol–water partition coefficient (Wildman–Crippen LogP) is 2.36. The van der Waals surface area contributed by atoms with Crippen LogP contribution in [0.5, 0.6) is 0 Å².